The van der Waals surface area contributed by atoms with E-state index in [9.17, 15) is 4.79 Å². The molecule has 1 N–H and O–H groups in total. The first kappa shape index (κ1) is 20.5. The highest BCUT2D eigenvalue weighted by Crippen LogP contribution is 2.34. The van der Waals surface area contributed by atoms with Gasteiger partial charge in [0.05, 0.1) is 22.8 Å². The summed E-state index contributed by atoms with van der Waals surface area (Å²) in [6, 6.07) is 2.32. The van der Waals surface area contributed by atoms with E-state index in [4.69, 9.17) is 9.72 Å². The number of amides is 1. The molecule has 0 aliphatic carbocycles. The first-order chi connectivity index (χ1) is 13.0. The highest BCUT2D eigenvalue weighted by atomic mass is 32.1. The maximum atomic E-state index is 12.7. The molecule has 0 bridgehead atoms. The summed E-state index contributed by atoms with van der Waals surface area (Å²) in [5.41, 5.74) is 0. The Morgan fingerprint density at radius 1 is 1.30 bits per heavy atom. The Hall–Kier alpha value is -1.22. The number of aromatic nitrogens is 1. The Bertz CT molecular complexity index is 717. The van der Waals surface area contributed by atoms with E-state index in [1.165, 1.54) is 11.3 Å². The van der Waals surface area contributed by atoms with E-state index < -0.39 is 0 Å². The molecule has 1 aliphatic rings. The van der Waals surface area contributed by atoms with Crippen molar-refractivity contribution in [1.82, 2.24) is 15.2 Å². The lowest BCUT2D eigenvalue weighted by atomic mass is 10.0. The molecule has 8 heteroatoms. The minimum atomic E-state index is 0.00787. The summed E-state index contributed by atoms with van der Waals surface area (Å²) < 4.78 is 6.55. The number of carbonyl (C=O) groups excluding carboxylic acids is 1. The quantitative estimate of drug-likeness (QED) is 0.724. The SMILES string of the molecule is CCN(CC)c1nc2sc(C(=O)NCC(C(C)C)N3CCOCC3)cc2s1. The minimum absolute atomic E-state index is 0.00787. The average molecular weight is 411 g/mol. The molecule has 0 saturated carbocycles. The van der Waals surface area contributed by atoms with Crippen LogP contribution in [0.1, 0.15) is 37.4 Å². The Morgan fingerprint density at radius 2 is 2.00 bits per heavy atom. The van der Waals surface area contributed by atoms with Gasteiger partial charge in [-0.3, -0.25) is 9.69 Å². The number of thiophene rings is 1. The molecule has 0 radical (unpaired) electrons. The Labute approximate surface area is 169 Å². The van der Waals surface area contributed by atoms with Gasteiger partial charge in [-0.15, -0.1) is 11.3 Å². The number of thiazole rings is 1. The van der Waals surface area contributed by atoms with Crippen molar-refractivity contribution in [3.63, 3.8) is 0 Å². The predicted molar refractivity (Wildman–Crippen MR) is 114 cm³/mol. The summed E-state index contributed by atoms with van der Waals surface area (Å²) >= 11 is 3.16. The summed E-state index contributed by atoms with van der Waals surface area (Å²) in [7, 11) is 0. The Balaban J connectivity index is 1.63. The molecule has 27 heavy (non-hydrogen) atoms. The number of ether oxygens (including phenoxy) is 1. The molecule has 1 aliphatic heterocycles. The van der Waals surface area contributed by atoms with Crippen LogP contribution in [0.3, 0.4) is 0 Å². The van der Waals surface area contributed by atoms with Gasteiger partial charge in [-0.25, -0.2) is 4.98 Å². The number of hydrogen-bond donors (Lipinski definition) is 1. The van der Waals surface area contributed by atoms with Crippen LogP contribution in [0.15, 0.2) is 6.07 Å². The molecule has 6 nitrogen and oxygen atoms in total. The van der Waals surface area contributed by atoms with Crippen molar-refractivity contribution >= 4 is 43.2 Å². The molecule has 1 saturated heterocycles. The van der Waals surface area contributed by atoms with Gasteiger partial charge in [0, 0.05) is 38.8 Å². The summed E-state index contributed by atoms with van der Waals surface area (Å²) in [6.07, 6.45) is 0. The molecule has 0 spiro atoms. The molecule has 3 rings (SSSR count). The van der Waals surface area contributed by atoms with Gasteiger partial charge in [-0.05, 0) is 25.8 Å². The van der Waals surface area contributed by atoms with Crippen molar-refractivity contribution in [1.29, 1.82) is 0 Å². The first-order valence-electron chi connectivity index (χ1n) is 9.78. The van der Waals surface area contributed by atoms with Crippen molar-refractivity contribution in [2.24, 2.45) is 5.92 Å². The number of rotatable bonds is 8. The smallest absolute Gasteiger partial charge is 0.261 e. The molecule has 2 aromatic rings. The van der Waals surface area contributed by atoms with Crippen LogP contribution >= 0.6 is 22.7 Å². The number of anilines is 1. The fraction of sp³-hybridized carbons (Fsp3) is 0.684. The highest BCUT2D eigenvalue weighted by molar-refractivity contribution is 7.29. The first-order valence-corrected chi connectivity index (χ1v) is 11.4. The average Bonchev–Trinajstić information content (AvgIpc) is 3.22. The lowest BCUT2D eigenvalue weighted by Gasteiger charge is -2.36. The van der Waals surface area contributed by atoms with Crippen molar-refractivity contribution in [2.45, 2.75) is 33.7 Å². The third kappa shape index (κ3) is 4.80. The molecule has 1 amide bonds. The summed E-state index contributed by atoms with van der Waals surface area (Å²) in [4.78, 5) is 23.8. The van der Waals surface area contributed by atoms with Gasteiger partial charge in [0.15, 0.2) is 5.13 Å². The Kier molecular flexibility index (Phi) is 7.08. The number of morpholine rings is 1. The predicted octanol–water partition coefficient (Wildman–Crippen LogP) is 3.29. The van der Waals surface area contributed by atoms with Gasteiger partial charge in [-0.1, -0.05) is 25.2 Å². The van der Waals surface area contributed by atoms with E-state index in [1.54, 1.807) is 11.3 Å². The van der Waals surface area contributed by atoms with E-state index in [1.807, 2.05) is 6.07 Å². The van der Waals surface area contributed by atoms with Crippen LogP contribution in [0.25, 0.3) is 9.53 Å². The zero-order valence-electron chi connectivity index (χ0n) is 16.7. The van der Waals surface area contributed by atoms with Crippen molar-refractivity contribution in [3.05, 3.63) is 10.9 Å². The van der Waals surface area contributed by atoms with Gasteiger partial charge >= 0.3 is 0 Å². The molecule has 3 heterocycles. The maximum Gasteiger partial charge on any atom is 0.261 e. The van der Waals surface area contributed by atoms with Crippen LogP contribution in [0.4, 0.5) is 5.13 Å². The van der Waals surface area contributed by atoms with Crippen LogP contribution in [-0.2, 0) is 4.74 Å². The van der Waals surface area contributed by atoms with Crippen molar-refractivity contribution in [2.75, 3.05) is 50.8 Å². The second-order valence-corrected chi connectivity index (χ2v) is 9.16. The fourth-order valence-corrected chi connectivity index (χ4v) is 5.70. The molecule has 2 aromatic heterocycles. The molecular formula is C19H30N4O2S2. The van der Waals surface area contributed by atoms with E-state index in [0.717, 1.165) is 58.9 Å². The lowest BCUT2D eigenvalue weighted by molar-refractivity contribution is 0.00674. The Morgan fingerprint density at radius 3 is 2.59 bits per heavy atom. The summed E-state index contributed by atoms with van der Waals surface area (Å²) in [5, 5.41) is 4.19. The second kappa shape index (κ2) is 9.32. The van der Waals surface area contributed by atoms with Gasteiger partial charge in [-0.2, -0.15) is 0 Å². The van der Waals surface area contributed by atoms with E-state index in [-0.39, 0.29) is 5.91 Å². The van der Waals surface area contributed by atoms with Crippen molar-refractivity contribution in [3.8, 4) is 0 Å². The monoisotopic (exact) mass is 410 g/mol. The third-order valence-corrected chi connectivity index (χ3v) is 7.31. The fourth-order valence-electron chi connectivity index (χ4n) is 3.45. The molecule has 0 aromatic carbocycles. The normalized spacial score (nSPS) is 16.8. The largest absolute Gasteiger partial charge is 0.379 e. The second-order valence-electron chi connectivity index (χ2n) is 7.12. The number of nitrogens with one attached hydrogen (secondary N) is 1. The zero-order valence-corrected chi connectivity index (χ0v) is 18.3. The van der Waals surface area contributed by atoms with E-state index in [0.29, 0.717) is 18.5 Å². The van der Waals surface area contributed by atoms with Crippen LogP contribution < -0.4 is 10.2 Å². The van der Waals surface area contributed by atoms with E-state index in [2.05, 4.69) is 42.8 Å². The number of carbonyl (C=O) groups is 1. The van der Waals surface area contributed by atoms with Crippen molar-refractivity contribution < 1.29 is 9.53 Å². The lowest BCUT2D eigenvalue weighted by Crippen LogP contribution is -2.51. The molecule has 1 fully saturated rings. The topological polar surface area (TPSA) is 57.7 Å². The third-order valence-electron chi connectivity index (χ3n) is 5.09. The number of hydrogen-bond acceptors (Lipinski definition) is 7. The summed E-state index contributed by atoms with van der Waals surface area (Å²) in [6.45, 7) is 14.7. The van der Waals surface area contributed by atoms with Gasteiger partial charge in [0.1, 0.15) is 4.83 Å². The van der Waals surface area contributed by atoms with Crippen LogP contribution in [-0.4, -0.2) is 67.8 Å². The van der Waals surface area contributed by atoms with Crippen LogP contribution in [0, 0.1) is 5.92 Å². The maximum absolute atomic E-state index is 12.7. The molecule has 1 atom stereocenters. The van der Waals surface area contributed by atoms with Crippen LogP contribution in [0.5, 0.6) is 0 Å². The summed E-state index contributed by atoms with van der Waals surface area (Å²) in [5.74, 6) is 0.488. The zero-order chi connectivity index (χ0) is 19.4. The van der Waals surface area contributed by atoms with Gasteiger partial charge in [0.2, 0.25) is 0 Å². The molecular weight excluding hydrogens is 380 g/mol. The number of fused-ring (bicyclic) bond motifs is 1. The molecule has 150 valence electrons. The minimum Gasteiger partial charge on any atom is -0.379 e. The van der Waals surface area contributed by atoms with Crippen LogP contribution in [0.2, 0.25) is 0 Å². The molecule has 1 unspecified atom stereocenters. The standard InChI is InChI=1S/C19H30N4O2S2/c1-5-22(6-2)19-21-18-16(27-19)11-15(26-18)17(24)20-12-14(13(3)4)23-7-9-25-10-8-23/h11,13-14H,5-10,12H2,1-4H3,(H,20,24). The number of nitrogens with zero attached hydrogens (tertiary/aromatic N) is 3. The van der Waals surface area contributed by atoms with E-state index >= 15 is 0 Å². The van der Waals surface area contributed by atoms with Gasteiger partial charge in [0.25, 0.3) is 5.91 Å². The highest BCUT2D eigenvalue weighted by Gasteiger charge is 2.25. The van der Waals surface area contributed by atoms with Gasteiger partial charge < -0.3 is 15.0 Å².